The van der Waals surface area contributed by atoms with E-state index in [0.29, 0.717) is 59.2 Å². The molecular weight excluding hydrogens is 430 g/mol. The lowest BCUT2D eigenvalue weighted by molar-refractivity contribution is -0.0423. The highest BCUT2D eigenvalue weighted by atomic mass is 32.2. The summed E-state index contributed by atoms with van der Waals surface area (Å²) in [5.41, 5.74) is 0.970. The SMILES string of the molecule is Cc1ccc(S(=O)(=O)OCCOCCOCCOCCC2CN(C(=O)O)CCO2)cc1. The third-order valence-electron chi connectivity index (χ3n) is 4.51. The first kappa shape index (κ1) is 25.5. The molecule has 0 radical (unpaired) electrons. The molecule has 1 heterocycles. The Morgan fingerprint density at radius 2 is 1.61 bits per heavy atom. The van der Waals surface area contributed by atoms with Crippen LogP contribution in [0.25, 0.3) is 0 Å². The molecule has 2 rings (SSSR count). The fraction of sp³-hybridized carbons (Fsp3) is 0.650. The summed E-state index contributed by atoms with van der Waals surface area (Å²) in [6.45, 7) is 5.06. The van der Waals surface area contributed by atoms with Gasteiger partial charge in [-0.2, -0.15) is 8.42 Å². The largest absolute Gasteiger partial charge is 0.465 e. The number of benzene rings is 1. The first-order chi connectivity index (χ1) is 14.9. The number of carbonyl (C=O) groups is 1. The summed E-state index contributed by atoms with van der Waals surface area (Å²) in [7, 11) is -3.77. The van der Waals surface area contributed by atoms with E-state index in [1.165, 1.54) is 17.0 Å². The Balaban J connectivity index is 1.40. The number of morpholine rings is 1. The number of ether oxygens (including phenoxy) is 4. The third-order valence-corrected chi connectivity index (χ3v) is 5.84. The van der Waals surface area contributed by atoms with Crippen LogP contribution in [0.1, 0.15) is 12.0 Å². The Hall–Kier alpha value is -1.76. The minimum absolute atomic E-state index is 0.0676. The molecule has 10 nitrogen and oxygen atoms in total. The quantitative estimate of drug-likeness (QED) is 0.325. The van der Waals surface area contributed by atoms with Gasteiger partial charge in [-0.3, -0.25) is 4.18 Å². The van der Waals surface area contributed by atoms with Gasteiger partial charge in [-0.15, -0.1) is 0 Å². The van der Waals surface area contributed by atoms with Gasteiger partial charge in [0.2, 0.25) is 0 Å². The molecule has 1 unspecified atom stereocenters. The van der Waals surface area contributed by atoms with Crippen molar-refractivity contribution < 1.29 is 41.4 Å². The molecular formula is C20H31NO9S. The van der Waals surface area contributed by atoms with E-state index < -0.39 is 16.2 Å². The van der Waals surface area contributed by atoms with Crippen molar-refractivity contribution in [1.29, 1.82) is 0 Å². The molecule has 1 atom stereocenters. The second kappa shape index (κ2) is 13.6. The normalized spacial score (nSPS) is 17.1. The lowest BCUT2D eigenvalue weighted by Crippen LogP contribution is -2.45. The minimum Gasteiger partial charge on any atom is -0.465 e. The fourth-order valence-electron chi connectivity index (χ4n) is 2.80. The Bertz CT molecular complexity index is 754. The minimum atomic E-state index is -3.77. The second-order valence-corrected chi connectivity index (χ2v) is 8.55. The Morgan fingerprint density at radius 1 is 1.03 bits per heavy atom. The van der Waals surface area contributed by atoms with Crippen LogP contribution in [0.4, 0.5) is 4.79 Å². The molecule has 1 aliphatic heterocycles. The summed E-state index contributed by atoms with van der Waals surface area (Å²) >= 11 is 0. The standard InChI is InChI=1S/C20H31NO9S/c1-17-2-4-19(5-3-17)31(24,25)30-15-14-28-13-12-27-11-10-26-8-6-18-16-21(20(22)23)7-9-29-18/h2-5,18H,6-16H2,1H3,(H,22,23). The molecule has 1 fully saturated rings. The molecule has 0 spiro atoms. The van der Waals surface area contributed by atoms with Gasteiger partial charge < -0.3 is 29.0 Å². The van der Waals surface area contributed by atoms with Crippen molar-refractivity contribution in [3.8, 4) is 0 Å². The van der Waals surface area contributed by atoms with Gasteiger partial charge in [0.1, 0.15) is 0 Å². The molecule has 1 saturated heterocycles. The zero-order valence-corrected chi connectivity index (χ0v) is 18.6. The molecule has 0 aromatic heterocycles. The topological polar surface area (TPSA) is 121 Å². The average Bonchev–Trinajstić information content (AvgIpc) is 2.75. The summed E-state index contributed by atoms with van der Waals surface area (Å²) in [4.78, 5) is 12.4. The number of aryl methyl sites for hydroxylation is 1. The molecule has 176 valence electrons. The van der Waals surface area contributed by atoms with E-state index in [1.54, 1.807) is 12.1 Å². The molecule has 0 saturated carbocycles. The summed E-state index contributed by atoms with van der Waals surface area (Å²) in [5.74, 6) is 0. The first-order valence-corrected chi connectivity index (χ1v) is 11.6. The number of hydrogen-bond donors (Lipinski definition) is 1. The summed E-state index contributed by atoms with van der Waals surface area (Å²) in [6.07, 6.45) is -0.446. The van der Waals surface area contributed by atoms with Crippen molar-refractivity contribution in [2.75, 3.05) is 65.9 Å². The Morgan fingerprint density at radius 3 is 2.23 bits per heavy atom. The van der Waals surface area contributed by atoms with E-state index in [1.807, 2.05) is 6.92 Å². The summed E-state index contributed by atoms with van der Waals surface area (Å²) < 4.78 is 50.6. The van der Waals surface area contributed by atoms with Crippen LogP contribution in [0.3, 0.4) is 0 Å². The zero-order valence-electron chi connectivity index (χ0n) is 17.7. The van der Waals surface area contributed by atoms with Gasteiger partial charge >= 0.3 is 6.09 Å². The number of carboxylic acid groups (broad SMARTS) is 1. The predicted octanol–water partition coefficient (Wildman–Crippen LogP) is 1.52. The average molecular weight is 462 g/mol. The predicted molar refractivity (Wildman–Crippen MR) is 111 cm³/mol. The number of hydrogen-bond acceptors (Lipinski definition) is 8. The van der Waals surface area contributed by atoms with E-state index in [-0.39, 0.29) is 24.2 Å². The van der Waals surface area contributed by atoms with Crippen molar-refractivity contribution in [2.45, 2.75) is 24.3 Å². The van der Waals surface area contributed by atoms with Crippen molar-refractivity contribution in [3.63, 3.8) is 0 Å². The maximum absolute atomic E-state index is 12.0. The monoisotopic (exact) mass is 461 g/mol. The van der Waals surface area contributed by atoms with Crippen molar-refractivity contribution >= 4 is 16.2 Å². The van der Waals surface area contributed by atoms with Crippen LogP contribution in [0.15, 0.2) is 29.2 Å². The maximum Gasteiger partial charge on any atom is 0.407 e. The molecule has 1 amide bonds. The zero-order chi connectivity index (χ0) is 22.5. The van der Waals surface area contributed by atoms with Crippen LogP contribution < -0.4 is 0 Å². The van der Waals surface area contributed by atoms with Crippen LogP contribution in [-0.2, 0) is 33.2 Å². The molecule has 0 bridgehead atoms. The van der Waals surface area contributed by atoms with Crippen LogP contribution in [0, 0.1) is 6.92 Å². The second-order valence-electron chi connectivity index (χ2n) is 6.94. The van der Waals surface area contributed by atoms with Gasteiger partial charge in [-0.25, -0.2) is 4.79 Å². The van der Waals surface area contributed by atoms with Crippen molar-refractivity contribution in [3.05, 3.63) is 29.8 Å². The van der Waals surface area contributed by atoms with E-state index in [2.05, 4.69) is 0 Å². The van der Waals surface area contributed by atoms with Crippen LogP contribution >= 0.6 is 0 Å². The highest BCUT2D eigenvalue weighted by molar-refractivity contribution is 7.86. The van der Waals surface area contributed by atoms with Crippen LogP contribution in [-0.4, -0.2) is 96.6 Å². The third kappa shape index (κ3) is 9.93. The lowest BCUT2D eigenvalue weighted by atomic mass is 10.2. The van der Waals surface area contributed by atoms with Gasteiger partial charge in [0, 0.05) is 13.2 Å². The highest BCUT2D eigenvalue weighted by Gasteiger charge is 2.23. The smallest absolute Gasteiger partial charge is 0.407 e. The molecule has 1 N–H and O–H groups in total. The van der Waals surface area contributed by atoms with Gasteiger partial charge in [-0.1, -0.05) is 17.7 Å². The summed E-state index contributed by atoms with van der Waals surface area (Å²) in [5, 5.41) is 8.99. The van der Waals surface area contributed by atoms with Gasteiger partial charge in [-0.05, 0) is 25.5 Å². The molecule has 1 aliphatic rings. The van der Waals surface area contributed by atoms with E-state index in [9.17, 15) is 13.2 Å². The molecule has 1 aromatic rings. The molecule has 1 aromatic carbocycles. The maximum atomic E-state index is 12.0. The fourth-order valence-corrected chi connectivity index (χ4v) is 3.69. The van der Waals surface area contributed by atoms with Gasteiger partial charge in [0.25, 0.3) is 10.1 Å². The van der Waals surface area contributed by atoms with Gasteiger partial charge in [0.15, 0.2) is 0 Å². The molecule has 11 heteroatoms. The Labute approximate surface area is 183 Å². The number of rotatable bonds is 14. The van der Waals surface area contributed by atoms with E-state index in [4.69, 9.17) is 28.2 Å². The number of amides is 1. The van der Waals surface area contributed by atoms with Crippen LogP contribution in [0.5, 0.6) is 0 Å². The van der Waals surface area contributed by atoms with Crippen molar-refractivity contribution in [2.24, 2.45) is 0 Å². The van der Waals surface area contributed by atoms with Crippen LogP contribution in [0.2, 0.25) is 0 Å². The molecule has 31 heavy (non-hydrogen) atoms. The van der Waals surface area contributed by atoms with E-state index >= 15 is 0 Å². The Kier molecular flexibility index (Phi) is 11.2. The molecule has 0 aliphatic carbocycles. The lowest BCUT2D eigenvalue weighted by Gasteiger charge is -2.30. The number of nitrogens with zero attached hydrogens (tertiary/aromatic N) is 1. The van der Waals surface area contributed by atoms with E-state index in [0.717, 1.165) is 5.56 Å². The van der Waals surface area contributed by atoms with Gasteiger partial charge in [0.05, 0.1) is 63.8 Å². The first-order valence-electron chi connectivity index (χ1n) is 10.2. The van der Waals surface area contributed by atoms with Crippen molar-refractivity contribution in [1.82, 2.24) is 4.90 Å². The highest BCUT2D eigenvalue weighted by Crippen LogP contribution is 2.13. The summed E-state index contributed by atoms with van der Waals surface area (Å²) in [6, 6.07) is 6.44.